The van der Waals surface area contributed by atoms with Crippen molar-refractivity contribution in [1.29, 1.82) is 0 Å². The van der Waals surface area contributed by atoms with Crippen LogP contribution in [0.2, 0.25) is 0 Å². The van der Waals surface area contributed by atoms with E-state index in [-0.39, 0.29) is 6.04 Å². The normalized spacial score (nSPS) is 23.1. The third kappa shape index (κ3) is 1.96. The third-order valence-corrected chi connectivity index (χ3v) is 4.01. The van der Waals surface area contributed by atoms with Crippen LogP contribution in [-0.4, -0.2) is 30.6 Å². The maximum absolute atomic E-state index is 6.00. The van der Waals surface area contributed by atoms with Crippen molar-refractivity contribution in [2.75, 3.05) is 13.7 Å². The van der Waals surface area contributed by atoms with Gasteiger partial charge in [-0.1, -0.05) is 15.9 Å². The van der Waals surface area contributed by atoms with E-state index in [0.29, 0.717) is 12.0 Å². The van der Waals surface area contributed by atoms with E-state index >= 15 is 0 Å². The molecule has 0 aromatic heterocycles. The average Bonchev–Trinajstić information content (AvgIpc) is 3.12. The summed E-state index contributed by atoms with van der Waals surface area (Å²) in [4.78, 5) is 6.63. The van der Waals surface area contributed by atoms with Crippen LogP contribution in [0.25, 0.3) is 0 Å². The van der Waals surface area contributed by atoms with Gasteiger partial charge >= 0.3 is 0 Å². The van der Waals surface area contributed by atoms with Crippen molar-refractivity contribution in [2.45, 2.75) is 24.9 Å². The third-order valence-electron chi connectivity index (χ3n) is 3.52. The zero-order valence-electron chi connectivity index (χ0n) is 10.3. The second kappa shape index (κ2) is 4.46. The van der Waals surface area contributed by atoms with Crippen LogP contribution in [0.3, 0.4) is 0 Å². The van der Waals surface area contributed by atoms with Gasteiger partial charge in [-0.15, -0.1) is 0 Å². The molecule has 1 unspecified atom stereocenters. The molecule has 0 spiro atoms. The first-order valence-corrected chi connectivity index (χ1v) is 6.91. The quantitative estimate of drug-likeness (QED) is 0.932. The molecule has 96 valence electrons. The van der Waals surface area contributed by atoms with Gasteiger partial charge in [0.2, 0.25) is 0 Å². The molecule has 0 saturated heterocycles. The van der Waals surface area contributed by atoms with E-state index in [1.807, 2.05) is 12.1 Å². The Morgan fingerprint density at radius 3 is 2.89 bits per heavy atom. The van der Waals surface area contributed by atoms with E-state index in [2.05, 4.69) is 31.9 Å². The predicted molar refractivity (Wildman–Crippen MR) is 74.8 cm³/mol. The number of aliphatic imine (C=N–C) groups is 1. The maximum atomic E-state index is 6.00. The summed E-state index contributed by atoms with van der Waals surface area (Å²) >= 11 is 3.52. The molecule has 1 saturated carbocycles. The van der Waals surface area contributed by atoms with Gasteiger partial charge in [-0.25, -0.2) is 0 Å². The minimum atomic E-state index is 0.213. The van der Waals surface area contributed by atoms with Crippen molar-refractivity contribution in [3.63, 3.8) is 0 Å². The molecule has 1 fully saturated rings. The van der Waals surface area contributed by atoms with Gasteiger partial charge in [0.1, 0.15) is 5.75 Å². The Morgan fingerprint density at radius 2 is 2.22 bits per heavy atom. The van der Waals surface area contributed by atoms with E-state index in [4.69, 9.17) is 10.5 Å². The number of ether oxygens (including phenoxy) is 1. The monoisotopic (exact) mass is 309 g/mol. The van der Waals surface area contributed by atoms with E-state index in [1.54, 1.807) is 7.11 Å². The van der Waals surface area contributed by atoms with E-state index in [1.165, 1.54) is 12.8 Å². The molecule has 3 rings (SSSR count). The topological polar surface area (TPSA) is 50.9 Å². The zero-order chi connectivity index (χ0) is 12.7. The van der Waals surface area contributed by atoms with Gasteiger partial charge in [0.15, 0.2) is 5.96 Å². The Balaban J connectivity index is 1.97. The van der Waals surface area contributed by atoms with E-state index in [0.717, 1.165) is 22.3 Å². The molecule has 0 radical (unpaired) electrons. The highest BCUT2D eigenvalue weighted by Crippen LogP contribution is 2.40. The van der Waals surface area contributed by atoms with Gasteiger partial charge < -0.3 is 15.4 Å². The number of guanidine groups is 1. The van der Waals surface area contributed by atoms with Gasteiger partial charge in [0.25, 0.3) is 0 Å². The largest absolute Gasteiger partial charge is 0.496 e. The SMILES string of the molecule is COc1ccc(Br)cc1C1CN=C(N)N1C1CC1. The fourth-order valence-corrected chi connectivity index (χ4v) is 2.90. The highest BCUT2D eigenvalue weighted by Gasteiger charge is 2.39. The first kappa shape index (κ1) is 11.8. The van der Waals surface area contributed by atoms with Gasteiger partial charge in [-0.05, 0) is 31.0 Å². The second-order valence-corrected chi connectivity index (χ2v) is 5.66. The molecular weight excluding hydrogens is 294 g/mol. The lowest BCUT2D eigenvalue weighted by atomic mass is 10.0. The minimum absolute atomic E-state index is 0.213. The van der Waals surface area contributed by atoms with Crippen LogP contribution in [0.1, 0.15) is 24.4 Å². The van der Waals surface area contributed by atoms with Crippen molar-refractivity contribution < 1.29 is 4.74 Å². The van der Waals surface area contributed by atoms with Crippen LogP contribution in [0.4, 0.5) is 0 Å². The van der Waals surface area contributed by atoms with Crippen molar-refractivity contribution >= 4 is 21.9 Å². The molecule has 2 N–H and O–H groups in total. The van der Waals surface area contributed by atoms with Crippen molar-refractivity contribution in [3.8, 4) is 5.75 Å². The summed E-state index contributed by atoms with van der Waals surface area (Å²) in [5, 5.41) is 0. The fraction of sp³-hybridized carbons (Fsp3) is 0.462. The molecule has 1 aromatic carbocycles. The lowest BCUT2D eigenvalue weighted by Gasteiger charge is -2.27. The predicted octanol–water partition coefficient (Wildman–Crippen LogP) is 2.29. The molecule has 18 heavy (non-hydrogen) atoms. The van der Waals surface area contributed by atoms with Gasteiger partial charge in [0.05, 0.1) is 19.7 Å². The van der Waals surface area contributed by atoms with Crippen LogP contribution in [0, 0.1) is 0 Å². The zero-order valence-corrected chi connectivity index (χ0v) is 11.9. The molecule has 1 aliphatic heterocycles. The standard InChI is InChI=1S/C13H16BrN3O/c1-18-12-5-2-8(14)6-10(12)11-7-16-13(15)17(11)9-3-4-9/h2,5-6,9,11H,3-4,7H2,1H3,(H2,15,16). The first-order valence-electron chi connectivity index (χ1n) is 6.12. The van der Waals surface area contributed by atoms with Crippen molar-refractivity contribution in [1.82, 2.24) is 4.90 Å². The Labute approximate surface area is 115 Å². The highest BCUT2D eigenvalue weighted by atomic mass is 79.9. The van der Waals surface area contributed by atoms with Crippen LogP contribution in [0.5, 0.6) is 5.75 Å². The number of halogens is 1. The minimum Gasteiger partial charge on any atom is -0.496 e. The van der Waals surface area contributed by atoms with Crippen molar-refractivity contribution in [2.24, 2.45) is 10.7 Å². The first-order chi connectivity index (χ1) is 8.70. The summed E-state index contributed by atoms with van der Waals surface area (Å²) < 4.78 is 6.51. The second-order valence-electron chi connectivity index (χ2n) is 4.74. The molecular formula is C13H16BrN3O. The van der Waals surface area contributed by atoms with Crippen LogP contribution in [0.15, 0.2) is 27.7 Å². The molecule has 0 bridgehead atoms. The Kier molecular flexibility index (Phi) is 2.93. The smallest absolute Gasteiger partial charge is 0.192 e. The number of nitrogens with zero attached hydrogens (tertiary/aromatic N) is 2. The average molecular weight is 310 g/mol. The van der Waals surface area contributed by atoms with Crippen LogP contribution < -0.4 is 10.5 Å². The summed E-state index contributed by atoms with van der Waals surface area (Å²) in [6.07, 6.45) is 2.42. The summed E-state index contributed by atoms with van der Waals surface area (Å²) in [5.74, 6) is 1.57. The Morgan fingerprint density at radius 1 is 1.44 bits per heavy atom. The summed E-state index contributed by atoms with van der Waals surface area (Å²) in [7, 11) is 1.70. The number of hydrogen-bond donors (Lipinski definition) is 1. The molecule has 4 nitrogen and oxygen atoms in total. The van der Waals surface area contributed by atoms with Gasteiger partial charge in [0, 0.05) is 16.1 Å². The highest BCUT2D eigenvalue weighted by molar-refractivity contribution is 9.10. The van der Waals surface area contributed by atoms with Crippen LogP contribution >= 0.6 is 15.9 Å². The number of nitrogens with two attached hydrogens (primary N) is 1. The Hall–Kier alpha value is -1.23. The number of methoxy groups -OCH3 is 1. The molecule has 1 aliphatic carbocycles. The molecule has 5 heteroatoms. The molecule has 0 amide bonds. The lowest BCUT2D eigenvalue weighted by molar-refractivity contribution is 0.323. The fourth-order valence-electron chi connectivity index (χ4n) is 2.52. The summed E-state index contributed by atoms with van der Waals surface area (Å²) in [6, 6.07) is 6.85. The van der Waals surface area contributed by atoms with Crippen molar-refractivity contribution in [3.05, 3.63) is 28.2 Å². The van der Waals surface area contributed by atoms with Gasteiger partial charge in [-0.2, -0.15) is 0 Å². The lowest BCUT2D eigenvalue weighted by Crippen LogP contribution is -2.37. The number of benzene rings is 1. The molecule has 1 aromatic rings. The van der Waals surface area contributed by atoms with Crippen LogP contribution in [-0.2, 0) is 0 Å². The number of rotatable bonds is 3. The summed E-state index contributed by atoms with van der Waals surface area (Å²) in [5.41, 5.74) is 7.16. The molecule has 2 aliphatic rings. The van der Waals surface area contributed by atoms with E-state index in [9.17, 15) is 0 Å². The Bertz CT molecular complexity index is 499. The molecule has 1 heterocycles. The maximum Gasteiger partial charge on any atom is 0.192 e. The number of hydrogen-bond acceptors (Lipinski definition) is 4. The molecule has 1 atom stereocenters. The summed E-state index contributed by atoms with van der Waals surface area (Å²) in [6.45, 7) is 0.717. The van der Waals surface area contributed by atoms with E-state index < -0.39 is 0 Å². The van der Waals surface area contributed by atoms with Gasteiger partial charge in [-0.3, -0.25) is 4.99 Å².